The number of ether oxygens (including phenoxy) is 1. The van der Waals surface area contributed by atoms with Gasteiger partial charge in [0.1, 0.15) is 36.3 Å². The lowest BCUT2D eigenvalue weighted by atomic mass is 9.88. The van der Waals surface area contributed by atoms with E-state index in [-0.39, 0.29) is 17.3 Å². The van der Waals surface area contributed by atoms with E-state index in [0.717, 1.165) is 27.8 Å². The topological polar surface area (TPSA) is 152 Å². The summed E-state index contributed by atoms with van der Waals surface area (Å²) in [5, 5.41) is 57.5. The highest BCUT2D eigenvalue weighted by Gasteiger charge is 2.44. The first kappa shape index (κ1) is 31.1. The Morgan fingerprint density at radius 1 is 0.878 bits per heavy atom. The summed E-state index contributed by atoms with van der Waals surface area (Å²) in [7, 11) is 0. The summed E-state index contributed by atoms with van der Waals surface area (Å²) < 4.78 is 5.64. The summed E-state index contributed by atoms with van der Waals surface area (Å²) in [6.07, 6.45) is -5.53. The molecule has 7 N–H and O–H groups in total. The van der Waals surface area contributed by atoms with Gasteiger partial charge in [-0.25, -0.2) is 4.79 Å². The Labute approximate surface area is 248 Å². The Morgan fingerprint density at radius 3 is 2.20 bits per heavy atom. The zero-order valence-electron chi connectivity index (χ0n) is 22.4. The largest absolute Gasteiger partial charge is 0.508 e. The van der Waals surface area contributed by atoms with Crippen molar-refractivity contribution >= 4 is 29.2 Å². The number of hydrogen-bond acceptors (Lipinski definition) is 7. The lowest BCUT2D eigenvalue weighted by molar-refractivity contribution is -0.232. The van der Waals surface area contributed by atoms with Gasteiger partial charge in [-0.2, -0.15) is 0 Å². The van der Waals surface area contributed by atoms with Crippen LogP contribution in [0.2, 0.25) is 10.0 Å². The quantitative estimate of drug-likeness (QED) is 0.198. The van der Waals surface area contributed by atoms with E-state index in [1.54, 1.807) is 30.3 Å². The molecule has 0 saturated carbocycles. The number of aliphatic hydroxyl groups excluding tert-OH is 4. The predicted octanol–water partition coefficient (Wildman–Crippen LogP) is 3.16. The monoisotopic (exact) mass is 604 g/mol. The molecule has 1 fully saturated rings. The molecule has 2 amide bonds. The van der Waals surface area contributed by atoms with Crippen molar-refractivity contribution in [2.45, 2.75) is 56.8 Å². The summed E-state index contributed by atoms with van der Waals surface area (Å²) in [6, 6.07) is 16.0. The molecule has 0 aromatic heterocycles. The Morgan fingerprint density at radius 2 is 1.54 bits per heavy atom. The average molecular weight is 606 g/mol. The zero-order valence-corrected chi connectivity index (χ0v) is 23.9. The maximum Gasteiger partial charge on any atom is 0.315 e. The van der Waals surface area contributed by atoms with Crippen LogP contribution in [0.4, 0.5) is 4.79 Å². The van der Waals surface area contributed by atoms with Crippen molar-refractivity contribution in [3.8, 4) is 5.75 Å². The fourth-order valence-electron chi connectivity index (χ4n) is 4.86. The number of aliphatic hydroxyl groups is 4. The Kier molecular flexibility index (Phi) is 10.5. The molecule has 9 nitrogen and oxygen atoms in total. The van der Waals surface area contributed by atoms with Crippen LogP contribution in [0.25, 0.3) is 0 Å². The summed E-state index contributed by atoms with van der Waals surface area (Å²) in [4.78, 5) is 12.2. The van der Waals surface area contributed by atoms with Gasteiger partial charge in [-0.15, -0.1) is 0 Å². The third-order valence-electron chi connectivity index (χ3n) is 7.18. The van der Waals surface area contributed by atoms with Gasteiger partial charge in [0.2, 0.25) is 0 Å². The molecule has 220 valence electrons. The maximum atomic E-state index is 12.2. The number of carbonyl (C=O) groups excluding carboxylic acids is 1. The smallest absolute Gasteiger partial charge is 0.315 e. The van der Waals surface area contributed by atoms with Crippen molar-refractivity contribution < 1.29 is 35.1 Å². The Bertz CT molecular complexity index is 1330. The number of phenols is 1. The number of aryl methyl sites for hydroxylation is 1. The van der Waals surface area contributed by atoms with E-state index in [2.05, 4.69) is 10.6 Å². The van der Waals surface area contributed by atoms with E-state index in [9.17, 15) is 30.3 Å². The first-order valence-electron chi connectivity index (χ1n) is 13.2. The van der Waals surface area contributed by atoms with E-state index in [0.29, 0.717) is 36.0 Å². The summed E-state index contributed by atoms with van der Waals surface area (Å²) in [5.41, 5.74) is 4.82. The van der Waals surface area contributed by atoms with Crippen LogP contribution in [0.5, 0.6) is 5.75 Å². The van der Waals surface area contributed by atoms with Gasteiger partial charge in [0.05, 0.1) is 6.61 Å². The normalized spacial score (nSPS) is 22.4. The first-order chi connectivity index (χ1) is 19.5. The maximum absolute atomic E-state index is 12.2. The molecule has 1 saturated heterocycles. The van der Waals surface area contributed by atoms with Crippen molar-refractivity contribution in [3.63, 3.8) is 0 Å². The highest BCUT2D eigenvalue weighted by molar-refractivity contribution is 6.34. The molecule has 0 aliphatic carbocycles. The molecule has 1 aliphatic heterocycles. The first-order valence-corrected chi connectivity index (χ1v) is 14.0. The van der Waals surface area contributed by atoms with Gasteiger partial charge in [0.15, 0.2) is 0 Å². The molecular formula is C30H34Cl2N2O7. The second-order valence-corrected chi connectivity index (χ2v) is 11.1. The summed E-state index contributed by atoms with van der Waals surface area (Å²) in [6.45, 7) is 2.06. The molecule has 11 heteroatoms. The van der Waals surface area contributed by atoms with Gasteiger partial charge in [0.25, 0.3) is 0 Å². The molecule has 1 aliphatic rings. The SMILES string of the molecule is Cc1cc(O)c([C@@H]2OC(CO)[C@@H](O)[C@H](O)[C@H]2O)cc1Cc1ccc(CCNC(=O)NCc2cc(Cl)cc(Cl)c2)cc1. The molecule has 5 atom stereocenters. The predicted molar refractivity (Wildman–Crippen MR) is 155 cm³/mol. The van der Waals surface area contributed by atoms with E-state index < -0.39 is 37.1 Å². The molecule has 0 bridgehead atoms. The van der Waals surface area contributed by atoms with Crippen LogP contribution in [0.15, 0.2) is 54.6 Å². The van der Waals surface area contributed by atoms with Gasteiger partial charge in [-0.3, -0.25) is 0 Å². The van der Waals surface area contributed by atoms with Gasteiger partial charge in [0, 0.05) is 28.7 Å². The standard InChI is InChI=1S/C30H34Cl2N2O7/c1-16-8-24(36)23(29-28(39)27(38)26(37)25(15-35)41-29)12-20(16)9-18-4-2-17(3-5-18)6-7-33-30(40)34-14-19-10-21(31)13-22(32)11-19/h2-5,8,10-13,25-29,35-39H,6-7,9,14-15H2,1H3,(H2,33,34,40)/t25?,26-,27+,28-,29+/m1/s1. The zero-order chi connectivity index (χ0) is 29.7. The fraction of sp³-hybridized carbons (Fsp3) is 0.367. The molecule has 1 unspecified atom stereocenters. The minimum absolute atomic E-state index is 0.112. The summed E-state index contributed by atoms with van der Waals surface area (Å²) in [5.74, 6) is -0.112. The van der Waals surface area contributed by atoms with Crippen LogP contribution < -0.4 is 10.6 Å². The second kappa shape index (κ2) is 13.8. The third kappa shape index (κ3) is 7.90. The van der Waals surface area contributed by atoms with Crippen molar-refractivity contribution in [1.29, 1.82) is 0 Å². The van der Waals surface area contributed by atoms with Gasteiger partial charge < -0.3 is 40.9 Å². The van der Waals surface area contributed by atoms with E-state index in [4.69, 9.17) is 27.9 Å². The molecular weight excluding hydrogens is 571 g/mol. The highest BCUT2D eigenvalue weighted by Crippen LogP contribution is 2.38. The number of aromatic hydroxyl groups is 1. The van der Waals surface area contributed by atoms with E-state index in [1.165, 1.54) is 0 Å². The van der Waals surface area contributed by atoms with Crippen LogP contribution in [0.1, 0.15) is 39.5 Å². The van der Waals surface area contributed by atoms with Crippen molar-refractivity contribution in [2.24, 2.45) is 0 Å². The van der Waals surface area contributed by atoms with Crippen LogP contribution in [0, 0.1) is 6.92 Å². The van der Waals surface area contributed by atoms with E-state index >= 15 is 0 Å². The molecule has 41 heavy (non-hydrogen) atoms. The van der Waals surface area contributed by atoms with Crippen molar-refractivity contribution in [3.05, 3.63) is 98.0 Å². The Hall–Kier alpha value is -2.89. The lowest BCUT2D eigenvalue weighted by Crippen LogP contribution is -2.55. The van der Waals surface area contributed by atoms with Gasteiger partial charge in [-0.1, -0.05) is 47.5 Å². The number of hydrogen-bond donors (Lipinski definition) is 7. The highest BCUT2D eigenvalue weighted by atomic mass is 35.5. The lowest BCUT2D eigenvalue weighted by Gasteiger charge is -2.40. The molecule has 0 spiro atoms. The summed E-state index contributed by atoms with van der Waals surface area (Å²) >= 11 is 12.0. The van der Waals surface area contributed by atoms with E-state index in [1.807, 2.05) is 31.2 Å². The minimum Gasteiger partial charge on any atom is -0.508 e. The molecule has 3 aromatic carbocycles. The average Bonchev–Trinajstić information content (AvgIpc) is 2.93. The van der Waals surface area contributed by atoms with Crippen LogP contribution in [0.3, 0.4) is 0 Å². The van der Waals surface area contributed by atoms with Crippen LogP contribution >= 0.6 is 23.2 Å². The number of benzene rings is 3. The van der Waals surface area contributed by atoms with Crippen LogP contribution in [-0.2, 0) is 24.1 Å². The fourth-order valence-corrected chi connectivity index (χ4v) is 5.43. The number of urea groups is 1. The number of halogens is 2. The second-order valence-electron chi connectivity index (χ2n) is 10.2. The number of carbonyl (C=O) groups is 1. The van der Waals surface area contributed by atoms with Crippen molar-refractivity contribution in [2.75, 3.05) is 13.2 Å². The third-order valence-corrected chi connectivity index (χ3v) is 7.61. The molecule has 1 heterocycles. The van der Waals surface area contributed by atoms with Crippen LogP contribution in [-0.4, -0.2) is 69.1 Å². The van der Waals surface area contributed by atoms with Gasteiger partial charge >= 0.3 is 6.03 Å². The molecule has 4 rings (SSSR count). The molecule has 3 aromatic rings. The number of nitrogens with one attached hydrogen (secondary N) is 2. The number of rotatable bonds is 9. The molecule has 0 radical (unpaired) electrons. The van der Waals surface area contributed by atoms with Gasteiger partial charge in [-0.05, 0) is 77.9 Å². The Balaban J connectivity index is 1.33. The number of phenolic OH excluding ortho intramolecular Hbond substituents is 1. The minimum atomic E-state index is -1.54. The number of amides is 2. The van der Waals surface area contributed by atoms with Crippen molar-refractivity contribution in [1.82, 2.24) is 10.6 Å².